The zero-order valence-electron chi connectivity index (χ0n) is 13.2. The van der Waals surface area contributed by atoms with Crippen LogP contribution >= 0.6 is 0 Å². The van der Waals surface area contributed by atoms with Gasteiger partial charge in [-0.25, -0.2) is 0 Å². The third-order valence-electron chi connectivity index (χ3n) is 4.92. The third-order valence-corrected chi connectivity index (χ3v) is 4.92. The van der Waals surface area contributed by atoms with E-state index >= 15 is 0 Å². The van der Waals surface area contributed by atoms with Gasteiger partial charge in [0.25, 0.3) is 0 Å². The summed E-state index contributed by atoms with van der Waals surface area (Å²) >= 11 is 0. The minimum atomic E-state index is 0.102. The number of nitrogens with zero attached hydrogens (tertiary/aromatic N) is 2. The van der Waals surface area contributed by atoms with Gasteiger partial charge in [0.1, 0.15) is 0 Å². The summed E-state index contributed by atoms with van der Waals surface area (Å²) in [6, 6.07) is 11.3. The first-order valence-corrected chi connectivity index (χ1v) is 7.82. The minimum absolute atomic E-state index is 0.102. The van der Waals surface area contributed by atoms with Crippen molar-refractivity contribution in [3.05, 3.63) is 30.3 Å². The van der Waals surface area contributed by atoms with Crippen molar-refractivity contribution in [3.8, 4) is 0 Å². The minimum Gasteiger partial charge on any atom is -0.368 e. The standard InChI is InChI=1S/C17H29N3/c1-15(2)20-12-7-10-17(14-18,11-13-20)19(3)16-8-5-4-6-9-16/h4-6,8-9,15H,7,10-14,18H2,1-3H3. The van der Waals surface area contributed by atoms with E-state index in [9.17, 15) is 0 Å². The van der Waals surface area contributed by atoms with Crippen LogP contribution in [0.5, 0.6) is 0 Å². The number of hydrogen-bond donors (Lipinski definition) is 1. The second kappa shape index (κ2) is 6.59. The van der Waals surface area contributed by atoms with Crippen molar-refractivity contribution in [2.24, 2.45) is 5.73 Å². The first-order valence-electron chi connectivity index (χ1n) is 7.82. The molecule has 3 nitrogen and oxygen atoms in total. The van der Waals surface area contributed by atoms with Crippen molar-refractivity contribution in [1.29, 1.82) is 0 Å². The number of benzene rings is 1. The van der Waals surface area contributed by atoms with E-state index in [1.807, 2.05) is 0 Å². The van der Waals surface area contributed by atoms with Crippen molar-refractivity contribution in [3.63, 3.8) is 0 Å². The molecule has 1 unspecified atom stereocenters. The number of hydrogen-bond acceptors (Lipinski definition) is 3. The SMILES string of the molecule is CC(C)N1CCCC(CN)(N(C)c2ccccc2)CC1. The van der Waals surface area contributed by atoms with Crippen molar-refractivity contribution >= 4 is 5.69 Å². The average Bonchev–Trinajstić information content (AvgIpc) is 2.71. The van der Waals surface area contributed by atoms with Gasteiger partial charge in [0.05, 0.1) is 5.54 Å². The summed E-state index contributed by atoms with van der Waals surface area (Å²) in [5.74, 6) is 0. The second-order valence-electron chi connectivity index (χ2n) is 6.31. The van der Waals surface area contributed by atoms with Gasteiger partial charge in [-0.15, -0.1) is 0 Å². The van der Waals surface area contributed by atoms with Crippen LogP contribution < -0.4 is 10.6 Å². The molecule has 1 aliphatic heterocycles. The number of para-hydroxylation sites is 1. The smallest absolute Gasteiger partial charge is 0.0533 e. The Kier molecular flexibility index (Phi) is 5.06. The predicted octanol–water partition coefficient (Wildman–Crippen LogP) is 2.71. The molecule has 0 spiro atoms. The van der Waals surface area contributed by atoms with Gasteiger partial charge in [0.15, 0.2) is 0 Å². The first kappa shape index (κ1) is 15.3. The van der Waals surface area contributed by atoms with Crippen LogP contribution in [0.25, 0.3) is 0 Å². The molecule has 2 N–H and O–H groups in total. The Morgan fingerprint density at radius 1 is 1.20 bits per heavy atom. The lowest BCUT2D eigenvalue weighted by Gasteiger charge is -2.42. The van der Waals surface area contributed by atoms with E-state index in [1.54, 1.807) is 0 Å². The van der Waals surface area contributed by atoms with E-state index in [-0.39, 0.29) is 5.54 Å². The summed E-state index contributed by atoms with van der Waals surface area (Å²) in [5, 5.41) is 0. The molecule has 0 amide bonds. The molecular formula is C17H29N3. The van der Waals surface area contributed by atoms with Crippen LogP contribution in [-0.4, -0.2) is 43.2 Å². The van der Waals surface area contributed by atoms with Gasteiger partial charge in [0.2, 0.25) is 0 Å². The van der Waals surface area contributed by atoms with E-state index in [4.69, 9.17) is 5.73 Å². The van der Waals surface area contributed by atoms with Gasteiger partial charge < -0.3 is 15.5 Å². The molecule has 0 radical (unpaired) electrons. The van der Waals surface area contributed by atoms with Gasteiger partial charge in [-0.3, -0.25) is 0 Å². The van der Waals surface area contributed by atoms with E-state index < -0.39 is 0 Å². The van der Waals surface area contributed by atoms with Gasteiger partial charge in [-0.1, -0.05) is 18.2 Å². The fraction of sp³-hybridized carbons (Fsp3) is 0.647. The Balaban J connectivity index is 2.17. The molecule has 3 heteroatoms. The summed E-state index contributed by atoms with van der Waals surface area (Å²) in [7, 11) is 2.20. The Morgan fingerprint density at radius 3 is 2.50 bits per heavy atom. The number of likely N-dealkylation sites (tertiary alicyclic amines) is 1. The van der Waals surface area contributed by atoms with Gasteiger partial charge in [-0.05, 0) is 51.8 Å². The fourth-order valence-electron chi connectivity index (χ4n) is 3.32. The maximum absolute atomic E-state index is 6.21. The monoisotopic (exact) mass is 275 g/mol. The number of nitrogens with two attached hydrogens (primary N) is 1. The average molecular weight is 275 g/mol. The lowest BCUT2D eigenvalue weighted by atomic mass is 9.88. The normalized spacial score (nSPS) is 24.6. The molecule has 1 fully saturated rings. The van der Waals surface area contributed by atoms with E-state index in [1.165, 1.54) is 25.1 Å². The highest BCUT2D eigenvalue weighted by molar-refractivity contribution is 5.48. The molecule has 1 aromatic rings. The molecule has 112 valence electrons. The van der Waals surface area contributed by atoms with Gasteiger partial charge >= 0.3 is 0 Å². The molecule has 1 saturated heterocycles. The van der Waals surface area contributed by atoms with Gasteiger partial charge in [0, 0.05) is 31.9 Å². The van der Waals surface area contributed by atoms with Crippen LogP contribution in [0.15, 0.2) is 30.3 Å². The molecule has 0 aliphatic carbocycles. The van der Waals surface area contributed by atoms with E-state index in [2.05, 4.69) is 61.0 Å². The number of anilines is 1. The molecule has 1 aliphatic rings. The van der Waals surface area contributed by atoms with Crippen molar-refractivity contribution in [2.75, 3.05) is 31.6 Å². The lowest BCUT2D eigenvalue weighted by Crippen LogP contribution is -2.53. The zero-order chi connectivity index (χ0) is 14.6. The van der Waals surface area contributed by atoms with Crippen LogP contribution in [0.2, 0.25) is 0 Å². The largest absolute Gasteiger partial charge is 0.368 e. The molecule has 0 aromatic heterocycles. The first-order chi connectivity index (χ1) is 9.59. The topological polar surface area (TPSA) is 32.5 Å². The Hall–Kier alpha value is -1.06. The van der Waals surface area contributed by atoms with Crippen molar-refractivity contribution in [2.45, 2.75) is 44.7 Å². The second-order valence-corrected chi connectivity index (χ2v) is 6.31. The highest BCUT2D eigenvalue weighted by Crippen LogP contribution is 2.31. The third kappa shape index (κ3) is 3.15. The maximum Gasteiger partial charge on any atom is 0.0533 e. The summed E-state index contributed by atoms with van der Waals surface area (Å²) in [4.78, 5) is 4.99. The molecule has 20 heavy (non-hydrogen) atoms. The highest BCUT2D eigenvalue weighted by atomic mass is 15.2. The molecule has 0 bridgehead atoms. The Labute approximate surface area is 123 Å². The molecule has 1 aromatic carbocycles. The molecule has 0 saturated carbocycles. The zero-order valence-corrected chi connectivity index (χ0v) is 13.2. The van der Waals surface area contributed by atoms with Crippen LogP contribution in [0.3, 0.4) is 0 Å². The summed E-state index contributed by atoms with van der Waals surface area (Å²) in [6.45, 7) is 7.64. The van der Waals surface area contributed by atoms with Crippen LogP contribution in [0, 0.1) is 0 Å². The molecule has 1 atom stereocenters. The summed E-state index contributed by atoms with van der Waals surface area (Å²) in [6.07, 6.45) is 3.55. The van der Waals surface area contributed by atoms with E-state index in [0.29, 0.717) is 6.04 Å². The lowest BCUT2D eigenvalue weighted by molar-refractivity contribution is 0.224. The quantitative estimate of drug-likeness (QED) is 0.917. The van der Waals surface area contributed by atoms with Crippen molar-refractivity contribution < 1.29 is 0 Å². The van der Waals surface area contributed by atoms with Crippen LogP contribution in [0.4, 0.5) is 5.69 Å². The number of rotatable bonds is 4. The summed E-state index contributed by atoms with van der Waals surface area (Å²) in [5.41, 5.74) is 7.58. The van der Waals surface area contributed by atoms with Gasteiger partial charge in [-0.2, -0.15) is 0 Å². The van der Waals surface area contributed by atoms with Crippen LogP contribution in [-0.2, 0) is 0 Å². The Morgan fingerprint density at radius 2 is 1.90 bits per heavy atom. The fourth-order valence-corrected chi connectivity index (χ4v) is 3.32. The predicted molar refractivity (Wildman–Crippen MR) is 87.2 cm³/mol. The van der Waals surface area contributed by atoms with Crippen molar-refractivity contribution in [1.82, 2.24) is 4.90 Å². The molecular weight excluding hydrogens is 246 g/mol. The summed E-state index contributed by atoms with van der Waals surface area (Å²) < 4.78 is 0. The van der Waals surface area contributed by atoms with E-state index in [0.717, 1.165) is 19.5 Å². The maximum atomic E-state index is 6.21. The van der Waals surface area contributed by atoms with Crippen LogP contribution in [0.1, 0.15) is 33.1 Å². The molecule has 1 heterocycles. The Bertz CT molecular complexity index is 404. The number of likely N-dealkylation sites (N-methyl/N-ethyl adjacent to an activating group) is 1. The molecule has 2 rings (SSSR count). The highest BCUT2D eigenvalue weighted by Gasteiger charge is 2.35.